The summed E-state index contributed by atoms with van der Waals surface area (Å²) in [5.74, 6) is -2.88. The van der Waals surface area contributed by atoms with Gasteiger partial charge >= 0.3 is 18.6 Å². The van der Waals surface area contributed by atoms with Crippen molar-refractivity contribution in [2.45, 2.75) is 59.3 Å². The van der Waals surface area contributed by atoms with Crippen LogP contribution >= 0.6 is 0 Å². The summed E-state index contributed by atoms with van der Waals surface area (Å²) in [6.45, 7) is 5.40. The molecule has 0 radical (unpaired) electrons. The third-order valence-corrected chi connectivity index (χ3v) is 1.36. The van der Waals surface area contributed by atoms with Crippen LogP contribution in [0.25, 0.3) is 0 Å². The maximum atomic E-state index is 9.49. The van der Waals surface area contributed by atoms with E-state index in [9.17, 15) is 29.7 Å². The molecule has 0 aromatic heterocycles. The minimum absolute atomic E-state index is 0. The maximum Gasteiger partial charge on any atom is 3.00 e. The quantitative estimate of drug-likeness (QED) is 0.595. The van der Waals surface area contributed by atoms with E-state index in [2.05, 4.69) is 0 Å². The van der Waals surface area contributed by atoms with E-state index >= 15 is 0 Å². The Bertz CT molecular complexity index is 192. The predicted molar refractivity (Wildman–Crippen MR) is 59.7 cm³/mol. The number of hydrogen-bond donors (Lipinski definition) is 0. The summed E-state index contributed by atoms with van der Waals surface area (Å²) in [6.07, 6.45) is 2.55. The summed E-state index contributed by atoms with van der Waals surface area (Å²) in [7, 11) is 0. The van der Waals surface area contributed by atoms with Gasteiger partial charge in [-0.05, 0) is 19.3 Å². The van der Waals surface area contributed by atoms with Crippen LogP contribution in [0.2, 0.25) is 0 Å². The van der Waals surface area contributed by atoms with E-state index in [0.717, 1.165) is 0 Å². The second-order valence-corrected chi connectivity index (χ2v) is 3.37. The van der Waals surface area contributed by atoms with Crippen LogP contribution < -0.4 is 15.3 Å². The number of carbonyl (C=O) groups excluding carboxylic acids is 3. The molecule has 0 N–H and O–H groups in total. The zero-order chi connectivity index (χ0) is 15.0. The number of carboxylic acids is 3. The van der Waals surface area contributed by atoms with Crippen LogP contribution in [0.1, 0.15) is 59.3 Å². The van der Waals surface area contributed by atoms with Gasteiger partial charge in [0, 0.05) is 17.9 Å². The zero-order valence-electron chi connectivity index (χ0n) is 11.6. The van der Waals surface area contributed by atoms with Crippen molar-refractivity contribution in [3.8, 4) is 0 Å². The fourth-order valence-electron chi connectivity index (χ4n) is 0.612. The number of hydrogen-bond acceptors (Lipinski definition) is 6. The fraction of sp³-hybridized carbons (Fsp3) is 0.750. The van der Waals surface area contributed by atoms with Crippen LogP contribution in [0.5, 0.6) is 0 Å². The predicted octanol–water partition coefficient (Wildman–Crippen LogP) is -1.39. The average molecular weight is 312 g/mol. The van der Waals surface area contributed by atoms with Crippen molar-refractivity contribution in [3.63, 3.8) is 0 Å². The van der Waals surface area contributed by atoms with Gasteiger partial charge in [-0.25, -0.2) is 0 Å². The van der Waals surface area contributed by atoms with Crippen molar-refractivity contribution < 1.29 is 48.3 Å². The molecular weight excluding hydrogens is 291 g/mol. The van der Waals surface area contributed by atoms with E-state index in [1.54, 1.807) is 20.8 Å². The minimum atomic E-state index is -0.961. The van der Waals surface area contributed by atoms with Gasteiger partial charge in [-0.1, -0.05) is 40.0 Å². The van der Waals surface area contributed by atoms with Gasteiger partial charge in [-0.3, -0.25) is 0 Å². The third kappa shape index (κ3) is 59.8. The van der Waals surface area contributed by atoms with Gasteiger partial charge in [0.1, 0.15) is 0 Å². The van der Waals surface area contributed by atoms with Crippen molar-refractivity contribution in [1.29, 1.82) is 0 Å². The van der Waals surface area contributed by atoms with Crippen molar-refractivity contribution in [2.75, 3.05) is 0 Å². The Kier molecular flexibility index (Phi) is 31.0. The van der Waals surface area contributed by atoms with Crippen molar-refractivity contribution in [1.82, 2.24) is 0 Å². The Morgan fingerprint density at radius 1 is 0.632 bits per heavy atom. The monoisotopic (exact) mass is 312 g/mol. The summed E-state index contributed by atoms with van der Waals surface area (Å²) in [5.41, 5.74) is 0. The molecule has 0 rings (SSSR count). The normalized spacial score (nSPS) is 7.74. The molecule has 0 aromatic rings. The standard InChI is InChI=1S/3C4H8O2.V/c3*1-2-3-4(5)6;/h3*2-3H2,1H3,(H,5,6);/q;;;+3/p-3. The van der Waals surface area contributed by atoms with Crippen molar-refractivity contribution in [3.05, 3.63) is 0 Å². The Hall–Kier alpha value is -1.01. The Morgan fingerprint density at radius 3 is 0.789 bits per heavy atom. The van der Waals surface area contributed by atoms with E-state index in [1.807, 2.05) is 0 Å². The first-order chi connectivity index (χ1) is 8.31. The molecule has 0 fully saturated rings. The second-order valence-electron chi connectivity index (χ2n) is 3.37. The molecule has 0 aromatic carbocycles. The van der Waals surface area contributed by atoms with Crippen LogP contribution in [0.15, 0.2) is 0 Å². The molecule has 0 aliphatic carbocycles. The van der Waals surface area contributed by atoms with Gasteiger partial charge in [-0.15, -0.1) is 0 Å². The fourth-order valence-corrected chi connectivity index (χ4v) is 0.612. The van der Waals surface area contributed by atoms with Gasteiger partial charge < -0.3 is 29.7 Å². The Morgan fingerprint density at radius 2 is 0.789 bits per heavy atom. The smallest absolute Gasteiger partial charge is 0.550 e. The first-order valence-corrected chi connectivity index (χ1v) is 5.91. The molecule has 0 aliphatic rings. The molecule has 0 atom stereocenters. The largest absolute Gasteiger partial charge is 3.00 e. The maximum absolute atomic E-state index is 9.49. The topological polar surface area (TPSA) is 120 Å². The molecule has 6 nitrogen and oxygen atoms in total. The van der Waals surface area contributed by atoms with Gasteiger partial charge in [0.2, 0.25) is 0 Å². The molecule has 7 heteroatoms. The van der Waals surface area contributed by atoms with Crippen LogP contribution in [0.4, 0.5) is 0 Å². The van der Waals surface area contributed by atoms with Gasteiger partial charge in [0.25, 0.3) is 0 Å². The molecule has 19 heavy (non-hydrogen) atoms. The van der Waals surface area contributed by atoms with Crippen LogP contribution in [-0.2, 0) is 32.9 Å². The Balaban J connectivity index is -0.0000000865. The molecule has 0 unspecified atom stereocenters. The first-order valence-electron chi connectivity index (χ1n) is 5.91. The Labute approximate surface area is 126 Å². The molecule has 110 valence electrons. The van der Waals surface area contributed by atoms with E-state index in [1.165, 1.54) is 0 Å². The summed E-state index contributed by atoms with van der Waals surface area (Å²) in [4.78, 5) is 28.5. The van der Waals surface area contributed by atoms with Crippen molar-refractivity contribution in [2.24, 2.45) is 0 Å². The molecule has 0 heterocycles. The molecule has 0 aliphatic heterocycles. The minimum Gasteiger partial charge on any atom is -0.550 e. The molecule has 0 saturated heterocycles. The van der Waals surface area contributed by atoms with E-state index in [0.29, 0.717) is 19.3 Å². The van der Waals surface area contributed by atoms with Crippen molar-refractivity contribution >= 4 is 17.9 Å². The van der Waals surface area contributed by atoms with Crippen LogP contribution in [0.3, 0.4) is 0 Å². The van der Waals surface area contributed by atoms with Crippen LogP contribution in [0, 0.1) is 0 Å². The van der Waals surface area contributed by atoms with Gasteiger partial charge in [-0.2, -0.15) is 0 Å². The van der Waals surface area contributed by atoms with Gasteiger partial charge in [0.15, 0.2) is 0 Å². The molecule has 0 amide bonds. The van der Waals surface area contributed by atoms with Crippen LogP contribution in [-0.4, -0.2) is 17.9 Å². The third-order valence-electron chi connectivity index (χ3n) is 1.36. The number of rotatable bonds is 6. The van der Waals surface area contributed by atoms with Gasteiger partial charge in [0.05, 0.1) is 0 Å². The molecular formula is C12H21O6V. The summed E-state index contributed by atoms with van der Waals surface area (Å²) < 4.78 is 0. The molecule has 0 saturated carbocycles. The molecule has 0 spiro atoms. The van der Waals surface area contributed by atoms with E-state index in [-0.39, 0.29) is 37.8 Å². The molecule has 0 bridgehead atoms. The van der Waals surface area contributed by atoms with E-state index in [4.69, 9.17) is 0 Å². The second kappa shape index (κ2) is 22.2. The average Bonchev–Trinajstić information content (AvgIpc) is 2.18. The first kappa shape index (κ1) is 26.5. The van der Waals surface area contributed by atoms with E-state index < -0.39 is 17.9 Å². The number of aliphatic carboxylic acids is 3. The summed E-state index contributed by atoms with van der Waals surface area (Å²) in [5, 5.41) is 28.5. The SMILES string of the molecule is CCCC(=O)[O-].CCCC(=O)[O-].CCCC(=O)[O-].[V+3]. The number of carbonyl (C=O) groups is 3. The zero-order valence-corrected chi connectivity index (χ0v) is 13.0. The number of carboxylic acid groups (broad SMARTS) is 3. The summed E-state index contributed by atoms with van der Waals surface area (Å²) in [6, 6.07) is 0. The summed E-state index contributed by atoms with van der Waals surface area (Å²) >= 11 is 0.